The van der Waals surface area contributed by atoms with Crippen molar-refractivity contribution in [3.8, 4) is 6.07 Å². The summed E-state index contributed by atoms with van der Waals surface area (Å²) in [5, 5.41) is 12.9. The van der Waals surface area contributed by atoms with Gasteiger partial charge in [0.05, 0.1) is 11.3 Å². The summed E-state index contributed by atoms with van der Waals surface area (Å²) in [6.45, 7) is 4.27. The molecule has 2 rings (SSSR count). The SMILES string of the molecule is CCC1CCCCC1Nc1cccc(C)c1C#N. The van der Waals surface area contributed by atoms with Crippen LogP contribution < -0.4 is 5.32 Å². The lowest BCUT2D eigenvalue weighted by Gasteiger charge is -2.32. The molecule has 1 fully saturated rings. The molecule has 1 aliphatic carbocycles. The minimum Gasteiger partial charge on any atom is -0.381 e. The van der Waals surface area contributed by atoms with Gasteiger partial charge in [0.25, 0.3) is 0 Å². The third-order valence-electron chi connectivity index (χ3n) is 4.16. The fraction of sp³-hybridized carbons (Fsp3) is 0.562. The molecular formula is C16H22N2. The van der Waals surface area contributed by atoms with Crippen LogP contribution >= 0.6 is 0 Å². The summed E-state index contributed by atoms with van der Waals surface area (Å²) in [6.07, 6.45) is 6.45. The van der Waals surface area contributed by atoms with E-state index in [1.807, 2.05) is 25.1 Å². The molecule has 0 saturated heterocycles. The minimum absolute atomic E-state index is 0.539. The Bertz CT molecular complexity index is 445. The fourth-order valence-corrected chi connectivity index (χ4v) is 3.02. The fourth-order valence-electron chi connectivity index (χ4n) is 3.02. The van der Waals surface area contributed by atoms with Crippen molar-refractivity contribution in [2.75, 3.05) is 5.32 Å². The van der Waals surface area contributed by atoms with Gasteiger partial charge in [-0.1, -0.05) is 38.3 Å². The van der Waals surface area contributed by atoms with Crippen LogP contribution in [0.5, 0.6) is 0 Å². The topological polar surface area (TPSA) is 35.8 Å². The Morgan fingerprint density at radius 2 is 2.11 bits per heavy atom. The Kier molecular flexibility index (Phi) is 4.25. The molecule has 2 nitrogen and oxygen atoms in total. The molecule has 2 unspecified atom stereocenters. The highest BCUT2D eigenvalue weighted by molar-refractivity contribution is 5.61. The molecule has 96 valence electrons. The predicted molar refractivity (Wildman–Crippen MR) is 75.6 cm³/mol. The second kappa shape index (κ2) is 5.91. The molecule has 2 heteroatoms. The zero-order chi connectivity index (χ0) is 13.0. The van der Waals surface area contributed by atoms with Crippen molar-refractivity contribution in [1.29, 1.82) is 5.26 Å². The molecule has 2 atom stereocenters. The van der Waals surface area contributed by atoms with Gasteiger partial charge in [0.2, 0.25) is 0 Å². The van der Waals surface area contributed by atoms with E-state index in [2.05, 4.69) is 18.3 Å². The average Bonchev–Trinajstić information content (AvgIpc) is 2.40. The number of nitrogens with one attached hydrogen (secondary N) is 1. The molecule has 0 bridgehead atoms. The molecule has 0 spiro atoms. The molecule has 1 aliphatic rings. The van der Waals surface area contributed by atoms with Crippen LogP contribution in [0.15, 0.2) is 18.2 Å². The van der Waals surface area contributed by atoms with Crippen LogP contribution in [-0.4, -0.2) is 6.04 Å². The van der Waals surface area contributed by atoms with Crippen molar-refractivity contribution in [2.24, 2.45) is 5.92 Å². The van der Waals surface area contributed by atoms with E-state index in [1.54, 1.807) is 0 Å². The molecule has 0 radical (unpaired) electrons. The second-order valence-electron chi connectivity index (χ2n) is 5.31. The van der Waals surface area contributed by atoms with Gasteiger partial charge >= 0.3 is 0 Å². The van der Waals surface area contributed by atoms with Gasteiger partial charge in [0.1, 0.15) is 6.07 Å². The molecule has 0 heterocycles. The van der Waals surface area contributed by atoms with Crippen LogP contribution in [0.4, 0.5) is 5.69 Å². The Labute approximate surface area is 110 Å². The maximum absolute atomic E-state index is 9.26. The number of benzene rings is 1. The maximum atomic E-state index is 9.26. The smallest absolute Gasteiger partial charge is 0.102 e. The number of aryl methyl sites for hydroxylation is 1. The number of nitriles is 1. The van der Waals surface area contributed by atoms with E-state index in [0.717, 1.165) is 22.7 Å². The first-order valence-corrected chi connectivity index (χ1v) is 7.02. The Morgan fingerprint density at radius 3 is 2.83 bits per heavy atom. The average molecular weight is 242 g/mol. The summed E-state index contributed by atoms with van der Waals surface area (Å²) in [4.78, 5) is 0. The lowest BCUT2D eigenvalue weighted by atomic mass is 9.82. The molecule has 0 aliphatic heterocycles. The summed E-state index contributed by atoms with van der Waals surface area (Å²) in [5.41, 5.74) is 2.88. The lowest BCUT2D eigenvalue weighted by molar-refractivity contribution is 0.317. The Balaban J connectivity index is 2.18. The zero-order valence-corrected chi connectivity index (χ0v) is 11.4. The zero-order valence-electron chi connectivity index (χ0n) is 11.4. The summed E-state index contributed by atoms with van der Waals surface area (Å²) in [6, 6.07) is 8.93. The maximum Gasteiger partial charge on any atom is 0.102 e. The number of anilines is 1. The van der Waals surface area contributed by atoms with Crippen LogP contribution in [0.2, 0.25) is 0 Å². The molecule has 1 aromatic rings. The largest absolute Gasteiger partial charge is 0.381 e. The van der Waals surface area contributed by atoms with Gasteiger partial charge in [0.15, 0.2) is 0 Å². The third-order valence-corrected chi connectivity index (χ3v) is 4.16. The monoisotopic (exact) mass is 242 g/mol. The van der Waals surface area contributed by atoms with Gasteiger partial charge in [-0.2, -0.15) is 5.26 Å². The minimum atomic E-state index is 0.539. The van der Waals surface area contributed by atoms with Crippen molar-refractivity contribution in [1.82, 2.24) is 0 Å². The molecule has 18 heavy (non-hydrogen) atoms. The normalized spacial score (nSPS) is 23.4. The van der Waals surface area contributed by atoms with E-state index in [-0.39, 0.29) is 0 Å². The number of nitrogens with zero attached hydrogens (tertiary/aromatic N) is 1. The predicted octanol–water partition coefficient (Wildman–Crippen LogP) is 4.25. The number of rotatable bonds is 3. The van der Waals surface area contributed by atoms with Gasteiger partial charge in [-0.15, -0.1) is 0 Å². The second-order valence-corrected chi connectivity index (χ2v) is 5.31. The van der Waals surface area contributed by atoms with E-state index in [9.17, 15) is 5.26 Å². The van der Waals surface area contributed by atoms with E-state index in [0.29, 0.717) is 6.04 Å². The molecule has 1 aromatic carbocycles. The van der Waals surface area contributed by atoms with Crippen molar-refractivity contribution in [2.45, 2.75) is 52.0 Å². The first-order valence-electron chi connectivity index (χ1n) is 7.02. The van der Waals surface area contributed by atoms with Crippen LogP contribution in [0, 0.1) is 24.2 Å². The van der Waals surface area contributed by atoms with Gasteiger partial charge in [-0.05, 0) is 37.3 Å². The first kappa shape index (κ1) is 13.0. The molecule has 1 saturated carbocycles. The summed E-state index contributed by atoms with van der Waals surface area (Å²) in [5.74, 6) is 0.755. The number of hydrogen-bond acceptors (Lipinski definition) is 2. The van der Waals surface area contributed by atoms with Gasteiger partial charge in [-0.25, -0.2) is 0 Å². The van der Waals surface area contributed by atoms with E-state index in [1.165, 1.54) is 32.1 Å². The summed E-state index contributed by atoms with van der Waals surface area (Å²) in [7, 11) is 0. The quantitative estimate of drug-likeness (QED) is 0.860. The standard InChI is InChI=1S/C16H22N2/c1-3-13-8-4-5-9-15(13)18-16-10-6-7-12(2)14(16)11-17/h6-7,10,13,15,18H,3-5,8-9H2,1-2H3. The highest BCUT2D eigenvalue weighted by Crippen LogP contribution is 2.30. The van der Waals surface area contributed by atoms with E-state index >= 15 is 0 Å². The van der Waals surface area contributed by atoms with E-state index in [4.69, 9.17) is 0 Å². The van der Waals surface area contributed by atoms with Crippen LogP contribution in [0.25, 0.3) is 0 Å². The molecule has 0 aromatic heterocycles. The summed E-state index contributed by atoms with van der Waals surface area (Å²) >= 11 is 0. The first-order chi connectivity index (χ1) is 8.76. The Morgan fingerprint density at radius 1 is 1.33 bits per heavy atom. The third kappa shape index (κ3) is 2.67. The molecule has 1 N–H and O–H groups in total. The summed E-state index contributed by atoms with van der Waals surface area (Å²) < 4.78 is 0. The highest BCUT2D eigenvalue weighted by Gasteiger charge is 2.24. The van der Waals surface area contributed by atoms with Crippen molar-refractivity contribution in [3.63, 3.8) is 0 Å². The molecule has 0 amide bonds. The van der Waals surface area contributed by atoms with E-state index < -0.39 is 0 Å². The lowest BCUT2D eigenvalue weighted by Crippen LogP contribution is -2.32. The van der Waals surface area contributed by atoms with Crippen molar-refractivity contribution >= 4 is 5.69 Å². The van der Waals surface area contributed by atoms with Gasteiger partial charge in [0, 0.05) is 6.04 Å². The van der Waals surface area contributed by atoms with Gasteiger partial charge in [-0.3, -0.25) is 0 Å². The Hall–Kier alpha value is -1.49. The van der Waals surface area contributed by atoms with Crippen LogP contribution in [0.3, 0.4) is 0 Å². The highest BCUT2D eigenvalue weighted by atomic mass is 14.9. The molecular weight excluding hydrogens is 220 g/mol. The van der Waals surface area contributed by atoms with Gasteiger partial charge < -0.3 is 5.32 Å². The van der Waals surface area contributed by atoms with Crippen LogP contribution in [0.1, 0.15) is 50.2 Å². The van der Waals surface area contributed by atoms with Crippen LogP contribution in [-0.2, 0) is 0 Å². The van der Waals surface area contributed by atoms with Crippen molar-refractivity contribution < 1.29 is 0 Å². The number of hydrogen-bond donors (Lipinski definition) is 1. The van der Waals surface area contributed by atoms with Crippen molar-refractivity contribution in [3.05, 3.63) is 29.3 Å².